The van der Waals surface area contributed by atoms with Gasteiger partial charge >= 0.3 is 11.9 Å². The van der Waals surface area contributed by atoms with Gasteiger partial charge in [0.1, 0.15) is 10.0 Å². The summed E-state index contributed by atoms with van der Waals surface area (Å²) in [6.07, 6.45) is 4.66. The molecule has 0 amide bonds. The SMILES string of the molecule is Brc1cccc(-c2ncc(N3CCN4CCC3CC4)s2)c1.O=C(O)C(=O)O. The maximum Gasteiger partial charge on any atom is 0.414 e. The van der Waals surface area contributed by atoms with Crippen LogP contribution in [0.5, 0.6) is 0 Å². The lowest BCUT2D eigenvalue weighted by Crippen LogP contribution is -2.37. The maximum absolute atomic E-state index is 9.10. The van der Waals surface area contributed by atoms with Crippen molar-refractivity contribution in [3.05, 3.63) is 34.9 Å². The topological polar surface area (TPSA) is 94.0 Å². The van der Waals surface area contributed by atoms with E-state index in [-0.39, 0.29) is 0 Å². The summed E-state index contributed by atoms with van der Waals surface area (Å²) in [7, 11) is 0. The van der Waals surface area contributed by atoms with Crippen molar-refractivity contribution in [2.45, 2.75) is 18.9 Å². The summed E-state index contributed by atoms with van der Waals surface area (Å²) in [5.74, 6) is -3.65. The van der Waals surface area contributed by atoms with Gasteiger partial charge in [-0.2, -0.15) is 0 Å². The van der Waals surface area contributed by atoms with Crippen molar-refractivity contribution in [3.8, 4) is 10.6 Å². The molecule has 2 aromatic rings. The molecule has 1 aromatic carbocycles. The average molecular weight is 454 g/mol. The molecular formula is C18H20BrN3O4S. The third kappa shape index (κ3) is 5.06. The number of piperidine rings is 1. The smallest absolute Gasteiger partial charge is 0.414 e. The number of halogens is 1. The van der Waals surface area contributed by atoms with E-state index in [1.165, 1.54) is 43.0 Å². The van der Waals surface area contributed by atoms with Crippen LogP contribution in [0.25, 0.3) is 10.6 Å². The van der Waals surface area contributed by atoms with Crippen LogP contribution in [0.15, 0.2) is 34.9 Å². The number of hydrogen-bond acceptors (Lipinski definition) is 6. The van der Waals surface area contributed by atoms with E-state index in [1.807, 2.05) is 11.3 Å². The molecule has 0 radical (unpaired) electrons. The minimum atomic E-state index is -1.82. The fourth-order valence-electron chi connectivity index (χ4n) is 3.33. The Kier molecular flexibility index (Phi) is 6.46. The Bertz CT molecular complexity index is 808. The lowest BCUT2D eigenvalue weighted by atomic mass is 10.1. The van der Waals surface area contributed by atoms with Gasteiger partial charge in [-0.25, -0.2) is 14.6 Å². The third-order valence-corrected chi connectivity index (χ3v) is 6.26. The van der Waals surface area contributed by atoms with Crippen molar-refractivity contribution in [1.29, 1.82) is 0 Å². The van der Waals surface area contributed by atoms with Gasteiger partial charge in [0, 0.05) is 42.3 Å². The van der Waals surface area contributed by atoms with Gasteiger partial charge in [-0.05, 0) is 25.0 Å². The Labute approximate surface area is 169 Å². The number of anilines is 1. The molecule has 3 fully saturated rings. The van der Waals surface area contributed by atoms with Gasteiger partial charge in [0.2, 0.25) is 0 Å². The molecule has 0 spiro atoms. The lowest BCUT2D eigenvalue weighted by molar-refractivity contribution is -0.159. The molecule has 0 saturated carbocycles. The molecule has 0 unspecified atom stereocenters. The number of hydrogen-bond donors (Lipinski definition) is 2. The van der Waals surface area contributed by atoms with Gasteiger partial charge in [0.25, 0.3) is 0 Å². The van der Waals surface area contributed by atoms with E-state index in [9.17, 15) is 0 Å². The van der Waals surface area contributed by atoms with Crippen LogP contribution in [0.4, 0.5) is 5.00 Å². The molecule has 5 rings (SSSR count). The van der Waals surface area contributed by atoms with Gasteiger partial charge in [0.05, 0.1) is 6.20 Å². The summed E-state index contributed by atoms with van der Waals surface area (Å²) in [4.78, 5) is 28.0. The van der Waals surface area contributed by atoms with E-state index in [4.69, 9.17) is 19.8 Å². The lowest BCUT2D eigenvalue weighted by Gasteiger charge is -2.31. The number of nitrogens with zero attached hydrogens (tertiary/aromatic N) is 3. The van der Waals surface area contributed by atoms with Crippen LogP contribution < -0.4 is 4.90 Å². The molecule has 4 heterocycles. The van der Waals surface area contributed by atoms with E-state index < -0.39 is 11.9 Å². The fraction of sp³-hybridized carbons (Fsp3) is 0.389. The number of carboxylic acid groups (broad SMARTS) is 2. The number of carboxylic acids is 2. The predicted octanol–water partition coefficient (Wildman–Crippen LogP) is 3.01. The summed E-state index contributed by atoms with van der Waals surface area (Å²) in [5.41, 5.74) is 1.20. The Morgan fingerprint density at radius 3 is 2.44 bits per heavy atom. The molecule has 2 bridgehead atoms. The highest BCUT2D eigenvalue weighted by Gasteiger charge is 2.30. The molecule has 27 heavy (non-hydrogen) atoms. The standard InChI is InChI=1S/C16H18BrN3S.C2H2O4/c17-13-3-1-2-12(10-13)16-18-11-15(21-16)20-9-8-19-6-4-14(20)5-7-19;3-1(4)2(5)6/h1-3,10-11,14H,4-9H2;(H,3,4)(H,5,6). The second-order valence-electron chi connectivity index (χ2n) is 6.39. The Hall–Kier alpha value is -1.97. The van der Waals surface area contributed by atoms with Gasteiger partial charge in [0.15, 0.2) is 0 Å². The van der Waals surface area contributed by atoms with E-state index in [1.54, 1.807) is 0 Å². The molecule has 3 aliphatic heterocycles. The summed E-state index contributed by atoms with van der Waals surface area (Å²) >= 11 is 5.36. The summed E-state index contributed by atoms with van der Waals surface area (Å²) in [6, 6.07) is 9.11. The van der Waals surface area contributed by atoms with Crippen molar-refractivity contribution in [1.82, 2.24) is 9.88 Å². The molecule has 0 atom stereocenters. The molecule has 7 nitrogen and oxygen atoms in total. The van der Waals surface area contributed by atoms with Crippen LogP contribution in [-0.2, 0) is 9.59 Å². The minimum absolute atomic E-state index is 0.708. The normalized spacial score (nSPS) is 21.1. The highest BCUT2D eigenvalue weighted by molar-refractivity contribution is 9.10. The van der Waals surface area contributed by atoms with Crippen molar-refractivity contribution < 1.29 is 19.8 Å². The average Bonchev–Trinajstić information content (AvgIpc) is 2.95. The van der Waals surface area contributed by atoms with Crippen LogP contribution in [0.3, 0.4) is 0 Å². The van der Waals surface area contributed by atoms with Gasteiger partial charge in [-0.15, -0.1) is 0 Å². The molecule has 2 N–H and O–H groups in total. The second-order valence-corrected chi connectivity index (χ2v) is 8.32. The minimum Gasteiger partial charge on any atom is -0.473 e. The van der Waals surface area contributed by atoms with Crippen LogP contribution in [0.1, 0.15) is 12.8 Å². The number of rotatable bonds is 2. The van der Waals surface area contributed by atoms with Gasteiger partial charge in [-0.1, -0.05) is 39.4 Å². The summed E-state index contributed by atoms with van der Waals surface area (Å²) in [5, 5.41) is 17.2. The highest BCUT2D eigenvalue weighted by Crippen LogP contribution is 2.35. The van der Waals surface area contributed by atoms with E-state index in [0.29, 0.717) is 6.04 Å². The van der Waals surface area contributed by atoms with Crippen LogP contribution >= 0.6 is 27.3 Å². The first-order chi connectivity index (χ1) is 12.9. The molecular weight excluding hydrogens is 434 g/mol. The maximum atomic E-state index is 9.10. The molecule has 1 aromatic heterocycles. The van der Waals surface area contributed by atoms with E-state index >= 15 is 0 Å². The Morgan fingerprint density at radius 1 is 1.11 bits per heavy atom. The van der Waals surface area contributed by atoms with Crippen molar-refractivity contribution in [2.24, 2.45) is 0 Å². The number of fused-ring (bicyclic) bond motifs is 4. The number of aliphatic carboxylic acids is 2. The Balaban J connectivity index is 0.000000307. The highest BCUT2D eigenvalue weighted by atomic mass is 79.9. The molecule has 3 aliphatic rings. The zero-order chi connectivity index (χ0) is 19.4. The second kappa shape index (κ2) is 8.81. The van der Waals surface area contributed by atoms with Crippen LogP contribution in [0, 0.1) is 0 Å². The zero-order valence-electron chi connectivity index (χ0n) is 14.5. The van der Waals surface area contributed by atoms with Crippen molar-refractivity contribution in [3.63, 3.8) is 0 Å². The number of aromatic nitrogens is 1. The van der Waals surface area contributed by atoms with Crippen LogP contribution in [0.2, 0.25) is 0 Å². The number of thiazole rings is 1. The van der Waals surface area contributed by atoms with Gasteiger partial charge in [-0.3, -0.25) is 0 Å². The molecule has 0 aliphatic carbocycles. The number of carbonyl (C=O) groups is 2. The number of benzene rings is 1. The largest absolute Gasteiger partial charge is 0.473 e. The molecule has 9 heteroatoms. The quantitative estimate of drug-likeness (QED) is 0.674. The first-order valence-electron chi connectivity index (χ1n) is 8.61. The third-order valence-electron chi connectivity index (χ3n) is 4.69. The van der Waals surface area contributed by atoms with Crippen molar-refractivity contribution in [2.75, 3.05) is 31.1 Å². The zero-order valence-corrected chi connectivity index (χ0v) is 16.9. The van der Waals surface area contributed by atoms with E-state index in [0.717, 1.165) is 16.0 Å². The van der Waals surface area contributed by atoms with Crippen molar-refractivity contribution >= 4 is 44.2 Å². The monoisotopic (exact) mass is 453 g/mol. The summed E-state index contributed by atoms with van der Waals surface area (Å²) in [6.45, 7) is 4.86. The fourth-order valence-corrected chi connectivity index (χ4v) is 4.74. The van der Waals surface area contributed by atoms with Gasteiger partial charge < -0.3 is 20.0 Å². The van der Waals surface area contributed by atoms with Crippen LogP contribution in [-0.4, -0.2) is 64.3 Å². The van der Waals surface area contributed by atoms with E-state index in [2.05, 4.69) is 61.2 Å². The first kappa shape index (κ1) is 19.8. The first-order valence-corrected chi connectivity index (χ1v) is 10.2. The predicted molar refractivity (Wildman–Crippen MR) is 107 cm³/mol. The molecule has 3 saturated heterocycles. The Morgan fingerprint density at radius 2 is 1.81 bits per heavy atom. The summed E-state index contributed by atoms with van der Waals surface area (Å²) < 4.78 is 1.11. The molecule has 144 valence electrons.